The highest BCUT2D eigenvalue weighted by molar-refractivity contribution is 7.90. The van der Waals surface area contributed by atoms with E-state index in [-0.39, 0.29) is 19.1 Å². The molecule has 2 atom stereocenters. The van der Waals surface area contributed by atoms with Crippen LogP contribution in [0, 0.1) is 5.82 Å². The van der Waals surface area contributed by atoms with E-state index in [1.807, 2.05) is 0 Å². The van der Waals surface area contributed by atoms with Gasteiger partial charge in [-0.3, -0.25) is 0 Å². The number of nitrogens with one attached hydrogen (secondary N) is 1. The normalized spacial score (nSPS) is 23.1. The number of benzene rings is 1. The zero-order valence-corrected chi connectivity index (χ0v) is 12.7. The summed E-state index contributed by atoms with van der Waals surface area (Å²) >= 11 is 5.89. The van der Waals surface area contributed by atoms with Crippen LogP contribution in [0.5, 0.6) is 0 Å². The maximum Gasteiger partial charge on any atom is 0.217 e. The fraction of sp³-hybridized carbons (Fsp3) is 0.538. The van der Waals surface area contributed by atoms with Gasteiger partial charge in [-0.25, -0.2) is 17.5 Å². The van der Waals surface area contributed by atoms with E-state index in [1.54, 1.807) is 13.0 Å². The smallest absolute Gasteiger partial charge is 0.217 e. The Hall–Kier alpha value is -0.690. The molecule has 1 aromatic carbocycles. The molecule has 1 fully saturated rings. The molecule has 0 amide bonds. The summed E-state index contributed by atoms with van der Waals surface area (Å²) in [5.74, 6) is -0.422. The van der Waals surface area contributed by atoms with Crippen molar-refractivity contribution in [2.75, 3.05) is 13.2 Å². The molecule has 2 unspecified atom stereocenters. The van der Waals surface area contributed by atoms with E-state index < -0.39 is 21.1 Å². The molecule has 1 aliphatic rings. The average Bonchev–Trinajstić information content (AvgIpc) is 2.80. The molecule has 7 heteroatoms. The minimum Gasteiger partial charge on any atom is -0.377 e. The molecule has 0 aliphatic carbocycles. The standard InChI is InChI=1S/C13H17ClFNO3S/c1-9-13(6-8-19-9)20(17,18)16-7-5-10-11(14)3-2-4-12(10)15/h2-4,9,13,16H,5-8H2,1H3. The molecule has 1 aromatic rings. The topological polar surface area (TPSA) is 55.4 Å². The van der Waals surface area contributed by atoms with E-state index in [0.29, 0.717) is 23.6 Å². The monoisotopic (exact) mass is 321 g/mol. The van der Waals surface area contributed by atoms with E-state index in [9.17, 15) is 12.8 Å². The second-order valence-electron chi connectivity index (χ2n) is 4.79. The van der Waals surface area contributed by atoms with Gasteiger partial charge in [0.1, 0.15) is 11.1 Å². The predicted octanol–water partition coefficient (Wildman–Crippen LogP) is 2.12. The maximum absolute atomic E-state index is 13.6. The van der Waals surface area contributed by atoms with Gasteiger partial charge < -0.3 is 4.74 Å². The highest BCUT2D eigenvalue weighted by Crippen LogP contribution is 2.21. The average molecular weight is 322 g/mol. The van der Waals surface area contributed by atoms with Crippen LogP contribution in [0.3, 0.4) is 0 Å². The molecule has 4 nitrogen and oxygen atoms in total. The number of hydrogen-bond donors (Lipinski definition) is 1. The molecule has 1 heterocycles. The highest BCUT2D eigenvalue weighted by atomic mass is 35.5. The van der Waals surface area contributed by atoms with Gasteiger partial charge in [0.25, 0.3) is 0 Å². The largest absolute Gasteiger partial charge is 0.377 e. The van der Waals surface area contributed by atoms with Crippen molar-refractivity contribution in [3.05, 3.63) is 34.6 Å². The van der Waals surface area contributed by atoms with Gasteiger partial charge in [0.2, 0.25) is 10.0 Å². The second kappa shape index (κ2) is 6.39. The first kappa shape index (κ1) is 15.7. The van der Waals surface area contributed by atoms with Crippen molar-refractivity contribution < 1.29 is 17.5 Å². The van der Waals surface area contributed by atoms with Crippen molar-refractivity contribution >= 4 is 21.6 Å². The molecule has 1 N–H and O–H groups in total. The molecule has 0 saturated carbocycles. The predicted molar refractivity (Wildman–Crippen MR) is 75.9 cm³/mol. The third kappa shape index (κ3) is 3.49. The van der Waals surface area contributed by atoms with Crippen molar-refractivity contribution in [1.29, 1.82) is 0 Å². The third-order valence-corrected chi connectivity index (χ3v) is 5.82. The van der Waals surface area contributed by atoms with Gasteiger partial charge >= 0.3 is 0 Å². The highest BCUT2D eigenvalue weighted by Gasteiger charge is 2.35. The van der Waals surface area contributed by atoms with Gasteiger partial charge in [0.15, 0.2) is 0 Å². The fourth-order valence-corrected chi connectivity index (χ4v) is 4.16. The minimum absolute atomic E-state index is 0.117. The van der Waals surface area contributed by atoms with E-state index in [0.717, 1.165) is 0 Å². The summed E-state index contributed by atoms with van der Waals surface area (Å²) in [5, 5.41) is -0.236. The maximum atomic E-state index is 13.6. The summed E-state index contributed by atoms with van der Waals surface area (Å²) in [6.45, 7) is 2.31. The Morgan fingerprint density at radius 3 is 2.85 bits per heavy atom. The van der Waals surface area contributed by atoms with Crippen molar-refractivity contribution in [1.82, 2.24) is 4.72 Å². The van der Waals surface area contributed by atoms with Crippen LogP contribution in [0.2, 0.25) is 5.02 Å². The SMILES string of the molecule is CC1OCCC1S(=O)(=O)NCCc1c(F)cccc1Cl. The molecule has 1 aliphatic heterocycles. The number of halogens is 2. The molecule has 0 aromatic heterocycles. The summed E-state index contributed by atoms with van der Waals surface area (Å²) in [6.07, 6.45) is 0.383. The first-order chi connectivity index (χ1) is 9.42. The van der Waals surface area contributed by atoms with Gasteiger partial charge in [-0.2, -0.15) is 0 Å². The van der Waals surface area contributed by atoms with Crippen LogP contribution in [0.15, 0.2) is 18.2 Å². The van der Waals surface area contributed by atoms with Crippen molar-refractivity contribution in [3.8, 4) is 0 Å². The zero-order chi connectivity index (χ0) is 14.8. The zero-order valence-electron chi connectivity index (χ0n) is 11.1. The van der Waals surface area contributed by atoms with Crippen LogP contribution in [0.4, 0.5) is 4.39 Å². The molecule has 0 spiro atoms. The van der Waals surface area contributed by atoms with Crippen molar-refractivity contribution in [2.24, 2.45) is 0 Å². The van der Waals surface area contributed by atoms with Gasteiger partial charge in [-0.05, 0) is 31.9 Å². The quantitative estimate of drug-likeness (QED) is 0.903. The Morgan fingerprint density at radius 2 is 2.25 bits per heavy atom. The Morgan fingerprint density at radius 1 is 1.50 bits per heavy atom. The Balaban J connectivity index is 1.96. The number of sulfonamides is 1. The summed E-state index contributed by atoms with van der Waals surface area (Å²) < 4.78 is 45.5. The summed E-state index contributed by atoms with van der Waals surface area (Å²) in [6, 6.07) is 4.41. The van der Waals surface area contributed by atoms with Crippen LogP contribution in [-0.4, -0.2) is 32.9 Å². The van der Waals surface area contributed by atoms with Gasteiger partial charge in [0, 0.05) is 23.7 Å². The first-order valence-corrected chi connectivity index (χ1v) is 8.37. The van der Waals surface area contributed by atoms with E-state index >= 15 is 0 Å². The molecule has 0 radical (unpaired) electrons. The van der Waals surface area contributed by atoms with Gasteiger partial charge in [-0.15, -0.1) is 0 Å². The molecular weight excluding hydrogens is 305 g/mol. The van der Waals surface area contributed by atoms with Crippen LogP contribution in [0.25, 0.3) is 0 Å². The summed E-state index contributed by atoms with van der Waals surface area (Å²) in [7, 11) is -3.45. The summed E-state index contributed by atoms with van der Waals surface area (Å²) in [4.78, 5) is 0. The lowest BCUT2D eigenvalue weighted by molar-refractivity contribution is 0.126. The van der Waals surface area contributed by atoms with Crippen LogP contribution >= 0.6 is 11.6 Å². The molecular formula is C13H17ClFNO3S. The lowest BCUT2D eigenvalue weighted by Gasteiger charge is -2.16. The number of hydrogen-bond acceptors (Lipinski definition) is 3. The third-order valence-electron chi connectivity index (χ3n) is 3.45. The fourth-order valence-electron chi connectivity index (χ4n) is 2.32. The van der Waals surface area contributed by atoms with Crippen LogP contribution in [0.1, 0.15) is 18.9 Å². The van der Waals surface area contributed by atoms with Crippen LogP contribution in [-0.2, 0) is 21.2 Å². The molecule has 0 bridgehead atoms. The van der Waals surface area contributed by atoms with E-state index in [4.69, 9.17) is 16.3 Å². The van der Waals surface area contributed by atoms with Crippen molar-refractivity contribution in [2.45, 2.75) is 31.1 Å². The van der Waals surface area contributed by atoms with Gasteiger partial charge in [-0.1, -0.05) is 17.7 Å². The lowest BCUT2D eigenvalue weighted by Crippen LogP contribution is -2.39. The summed E-state index contributed by atoms with van der Waals surface area (Å²) in [5.41, 5.74) is 0.326. The number of rotatable bonds is 5. The van der Waals surface area contributed by atoms with E-state index in [2.05, 4.69) is 4.72 Å². The molecule has 2 rings (SSSR count). The molecule has 112 valence electrons. The first-order valence-electron chi connectivity index (χ1n) is 6.45. The Labute approximate surface area is 123 Å². The lowest BCUT2D eigenvalue weighted by atomic mass is 10.1. The molecule has 1 saturated heterocycles. The Kier molecular flexibility index (Phi) is 5.01. The van der Waals surface area contributed by atoms with Crippen LogP contribution < -0.4 is 4.72 Å². The van der Waals surface area contributed by atoms with Crippen molar-refractivity contribution in [3.63, 3.8) is 0 Å². The number of ether oxygens (including phenoxy) is 1. The minimum atomic E-state index is -3.45. The van der Waals surface area contributed by atoms with Gasteiger partial charge in [0.05, 0.1) is 6.10 Å². The second-order valence-corrected chi connectivity index (χ2v) is 7.18. The molecule has 20 heavy (non-hydrogen) atoms. The Bertz CT molecular complexity index is 559. The van der Waals surface area contributed by atoms with E-state index in [1.165, 1.54) is 12.1 Å².